The third-order valence-corrected chi connectivity index (χ3v) is 8.41. The van der Waals surface area contributed by atoms with Gasteiger partial charge in [-0.15, -0.1) is 0 Å². The van der Waals surface area contributed by atoms with Gasteiger partial charge in [0.15, 0.2) is 0 Å². The van der Waals surface area contributed by atoms with E-state index in [1.54, 1.807) is 7.11 Å². The van der Waals surface area contributed by atoms with Crippen LogP contribution in [-0.4, -0.2) is 46.3 Å². The predicted octanol–water partition coefficient (Wildman–Crippen LogP) is 4.18. The first kappa shape index (κ1) is 20.9. The maximum absolute atomic E-state index is 12.6. The highest BCUT2D eigenvalue weighted by atomic mass is 32.2. The van der Waals surface area contributed by atoms with E-state index in [1.807, 2.05) is 0 Å². The summed E-state index contributed by atoms with van der Waals surface area (Å²) in [7, 11) is 0.717. The molecule has 6 nitrogen and oxygen atoms in total. The summed E-state index contributed by atoms with van der Waals surface area (Å²) in [5.41, 5.74) is 2.39. The minimum absolute atomic E-state index is 0.337. The number of rotatable bonds is 5. The first-order valence-corrected chi connectivity index (χ1v) is 12.8. The van der Waals surface area contributed by atoms with Gasteiger partial charge in [0.05, 0.1) is 23.6 Å². The Morgan fingerprint density at radius 1 is 1.00 bits per heavy atom. The van der Waals surface area contributed by atoms with Crippen LogP contribution in [0.4, 0.5) is 5.82 Å². The highest BCUT2D eigenvalue weighted by Gasteiger charge is 2.31. The Kier molecular flexibility index (Phi) is 6.23. The molecule has 3 heterocycles. The van der Waals surface area contributed by atoms with E-state index in [2.05, 4.69) is 29.6 Å². The van der Waals surface area contributed by atoms with Gasteiger partial charge in [0.25, 0.3) is 0 Å². The molecule has 2 aliphatic heterocycles. The molecule has 2 aromatic rings. The van der Waals surface area contributed by atoms with Crippen molar-refractivity contribution >= 4 is 16.6 Å². The molecule has 1 aliphatic carbocycles. The van der Waals surface area contributed by atoms with Crippen molar-refractivity contribution in [2.75, 3.05) is 31.4 Å². The van der Waals surface area contributed by atoms with Gasteiger partial charge in [-0.1, -0.05) is 12.1 Å². The third-order valence-electron chi connectivity index (χ3n) is 6.95. The molecule has 5 rings (SSSR count). The minimum atomic E-state index is -0.989. The van der Waals surface area contributed by atoms with E-state index in [0.717, 1.165) is 86.1 Å². The summed E-state index contributed by atoms with van der Waals surface area (Å²) in [6.07, 6.45) is 7.20. The standard InChI is InChI=1S/C24H31N3O3S/c1-29-20-8-6-17(7-9-20)16-2-4-18(5-3-16)23-26-21-12-15-31(28)22(21)24(27-23)25-19-10-13-30-14-11-19/h6-9,16,18-19H,2-5,10-15H2,1H3,(H,25,26,27). The molecule has 0 amide bonds. The van der Waals surface area contributed by atoms with Gasteiger partial charge < -0.3 is 14.8 Å². The van der Waals surface area contributed by atoms with Crippen LogP contribution in [0.3, 0.4) is 0 Å². The summed E-state index contributed by atoms with van der Waals surface area (Å²) in [4.78, 5) is 10.7. The Bertz CT molecular complexity index is 936. The number of benzene rings is 1. The Morgan fingerprint density at radius 3 is 2.42 bits per heavy atom. The third kappa shape index (κ3) is 4.48. The topological polar surface area (TPSA) is 73.3 Å². The lowest BCUT2D eigenvalue weighted by molar-refractivity contribution is 0.0903. The van der Waals surface area contributed by atoms with Gasteiger partial charge in [-0.05, 0) is 62.1 Å². The van der Waals surface area contributed by atoms with Crippen molar-refractivity contribution in [1.82, 2.24) is 9.97 Å². The van der Waals surface area contributed by atoms with Crippen molar-refractivity contribution < 1.29 is 13.7 Å². The molecule has 1 atom stereocenters. The van der Waals surface area contributed by atoms with E-state index in [-0.39, 0.29) is 0 Å². The molecule has 0 radical (unpaired) electrons. The maximum Gasteiger partial charge on any atom is 0.146 e. The molecule has 31 heavy (non-hydrogen) atoms. The quantitative estimate of drug-likeness (QED) is 0.750. The van der Waals surface area contributed by atoms with Crippen LogP contribution in [0.25, 0.3) is 0 Å². The lowest BCUT2D eigenvalue weighted by Crippen LogP contribution is -2.29. The van der Waals surface area contributed by atoms with E-state index in [4.69, 9.17) is 19.4 Å². The van der Waals surface area contributed by atoms with E-state index in [9.17, 15) is 4.21 Å². The fraction of sp³-hybridized carbons (Fsp3) is 0.583. The molecule has 0 spiro atoms. The summed E-state index contributed by atoms with van der Waals surface area (Å²) >= 11 is 0. The number of nitrogens with one attached hydrogen (secondary N) is 1. The molecule has 1 unspecified atom stereocenters. The summed E-state index contributed by atoms with van der Waals surface area (Å²) in [6, 6.07) is 8.84. The van der Waals surface area contributed by atoms with Crippen LogP contribution in [-0.2, 0) is 22.0 Å². The van der Waals surface area contributed by atoms with Gasteiger partial charge in [-0.25, -0.2) is 9.97 Å². The Morgan fingerprint density at radius 2 is 1.71 bits per heavy atom. The molecule has 3 aliphatic rings. The van der Waals surface area contributed by atoms with Crippen LogP contribution in [0, 0.1) is 0 Å². The fourth-order valence-electron chi connectivity index (χ4n) is 5.09. The number of methoxy groups -OCH3 is 1. The van der Waals surface area contributed by atoms with Gasteiger partial charge in [-0.2, -0.15) is 0 Å². The van der Waals surface area contributed by atoms with Crippen molar-refractivity contribution in [2.45, 2.75) is 67.7 Å². The average Bonchev–Trinajstić information content (AvgIpc) is 3.21. The van der Waals surface area contributed by atoms with Crippen LogP contribution in [0.5, 0.6) is 5.75 Å². The van der Waals surface area contributed by atoms with Gasteiger partial charge in [-0.3, -0.25) is 4.21 Å². The summed E-state index contributed by atoms with van der Waals surface area (Å²) in [5, 5.41) is 3.60. The van der Waals surface area contributed by atoms with Crippen LogP contribution >= 0.6 is 0 Å². The van der Waals surface area contributed by atoms with Crippen LogP contribution < -0.4 is 10.1 Å². The van der Waals surface area contributed by atoms with Gasteiger partial charge >= 0.3 is 0 Å². The highest BCUT2D eigenvalue weighted by Crippen LogP contribution is 2.41. The molecule has 1 saturated carbocycles. The minimum Gasteiger partial charge on any atom is -0.497 e. The molecule has 2 fully saturated rings. The zero-order valence-corrected chi connectivity index (χ0v) is 19.0. The van der Waals surface area contributed by atoms with Crippen molar-refractivity contribution in [1.29, 1.82) is 0 Å². The largest absolute Gasteiger partial charge is 0.497 e. The molecule has 1 aromatic carbocycles. The number of ether oxygens (including phenoxy) is 2. The van der Waals surface area contributed by atoms with Crippen molar-refractivity contribution in [3.8, 4) is 5.75 Å². The second kappa shape index (κ2) is 9.25. The van der Waals surface area contributed by atoms with E-state index in [1.165, 1.54) is 5.56 Å². The van der Waals surface area contributed by atoms with Crippen LogP contribution in [0.15, 0.2) is 29.2 Å². The van der Waals surface area contributed by atoms with Crippen molar-refractivity contribution in [2.24, 2.45) is 0 Å². The first-order chi connectivity index (χ1) is 15.2. The predicted molar refractivity (Wildman–Crippen MR) is 121 cm³/mol. The molecule has 1 saturated heterocycles. The summed E-state index contributed by atoms with van der Waals surface area (Å²) in [5.74, 6) is 4.31. The second-order valence-electron chi connectivity index (χ2n) is 8.86. The molecule has 7 heteroatoms. The first-order valence-electron chi connectivity index (χ1n) is 11.5. The number of hydrogen-bond donors (Lipinski definition) is 1. The normalized spacial score (nSPS) is 26.4. The maximum atomic E-state index is 12.6. The highest BCUT2D eigenvalue weighted by molar-refractivity contribution is 7.85. The molecular weight excluding hydrogens is 410 g/mol. The molecule has 1 N–H and O–H groups in total. The Balaban J connectivity index is 1.32. The molecule has 166 valence electrons. The van der Waals surface area contributed by atoms with Crippen molar-refractivity contribution in [3.63, 3.8) is 0 Å². The number of hydrogen-bond acceptors (Lipinski definition) is 6. The lowest BCUT2D eigenvalue weighted by Gasteiger charge is -2.29. The molecular formula is C24H31N3O3S. The Hall–Kier alpha value is -1.99. The van der Waals surface area contributed by atoms with E-state index < -0.39 is 10.8 Å². The summed E-state index contributed by atoms with van der Waals surface area (Å²) in [6.45, 7) is 1.55. The fourth-order valence-corrected chi connectivity index (χ4v) is 6.41. The number of aryl methyl sites for hydroxylation is 1. The molecule has 1 aromatic heterocycles. The van der Waals surface area contributed by atoms with Gasteiger partial charge in [0.1, 0.15) is 22.3 Å². The zero-order chi connectivity index (χ0) is 21.2. The van der Waals surface area contributed by atoms with Gasteiger partial charge in [0.2, 0.25) is 0 Å². The van der Waals surface area contributed by atoms with Gasteiger partial charge in [0, 0.05) is 37.3 Å². The van der Waals surface area contributed by atoms with Crippen LogP contribution in [0.2, 0.25) is 0 Å². The van der Waals surface area contributed by atoms with Crippen molar-refractivity contribution in [3.05, 3.63) is 41.3 Å². The number of fused-ring (bicyclic) bond motifs is 1. The van der Waals surface area contributed by atoms with E-state index >= 15 is 0 Å². The second-order valence-corrected chi connectivity index (χ2v) is 10.4. The van der Waals surface area contributed by atoms with E-state index in [0.29, 0.717) is 23.6 Å². The number of aromatic nitrogens is 2. The number of nitrogens with zero attached hydrogens (tertiary/aromatic N) is 2. The monoisotopic (exact) mass is 441 g/mol. The Labute approximate surface area is 186 Å². The SMILES string of the molecule is COc1ccc(C2CCC(c3nc4c(c(NC5CCOCC5)n3)S(=O)CC4)CC2)cc1. The molecule has 0 bridgehead atoms. The lowest BCUT2D eigenvalue weighted by atomic mass is 9.78. The average molecular weight is 442 g/mol. The smallest absolute Gasteiger partial charge is 0.146 e. The summed E-state index contributed by atoms with van der Waals surface area (Å²) < 4.78 is 23.4. The van der Waals surface area contributed by atoms with Crippen LogP contribution in [0.1, 0.15) is 67.4 Å². The number of anilines is 1. The zero-order valence-electron chi connectivity index (χ0n) is 18.1.